The number of carboxylic acid groups (broad SMARTS) is 1. The van der Waals surface area contributed by atoms with Crippen molar-refractivity contribution in [1.29, 1.82) is 0 Å². The number of fused-ring (bicyclic) bond motifs is 1. The Hall–Kier alpha value is -2.61. The molecular formula is C19H18F2N2O4. The van der Waals surface area contributed by atoms with Gasteiger partial charge in [-0.15, -0.1) is 0 Å². The molecule has 1 aromatic heterocycles. The van der Waals surface area contributed by atoms with Crippen molar-refractivity contribution in [3.63, 3.8) is 0 Å². The molecule has 0 amide bonds. The van der Waals surface area contributed by atoms with Crippen molar-refractivity contribution in [2.24, 2.45) is 11.1 Å². The minimum atomic E-state index is -1.44. The summed E-state index contributed by atoms with van der Waals surface area (Å²) in [5.74, 6) is -2.14. The second-order valence-corrected chi connectivity index (χ2v) is 7.53. The summed E-state index contributed by atoms with van der Waals surface area (Å²) in [5, 5.41) is 9.12. The highest BCUT2D eigenvalue weighted by Crippen LogP contribution is 2.47. The maximum Gasteiger partial charge on any atom is 0.341 e. The van der Waals surface area contributed by atoms with Crippen LogP contribution in [0, 0.1) is 11.2 Å². The third kappa shape index (κ3) is 2.84. The molecule has 2 saturated carbocycles. The lowest BCUT2D eigenvalue weighted by atomic mass is 9.92. The van der Waals surface area contributed by atoms with Gasteiger partial charge in [0.15, 0.2) is 0 Å². The van der Waals surface area contributed by atoms with E-state index in [0.717, 1.165) is 18.5 Å². The molecule has 0 bridgehead atoms. The zero-order valence-electron chi connectivity index (χ0n) is 14.3. The Balaban J connectivity index is 1.85. The first kappa shape index (κ1) is 17.8. The van der Waals surface area contributed by atoms with E-state index in [-0.39, 0.29) is 29.3 Å². The number of aromatic carboxylic acids is 1. The number of carbonyl (C=O) groups excluding carboxylic acids is 1. The van der Waals surface area contributed by atoms with E-state index in [1.54, 1.807) is 0 Å². The molecule has 1 aromatic carbocycles. The van der Waals surface area contributed by atoms with Crippen LogP contribution in [-0.2, 0) is 11.2 Å². The van der Waals surface area contributed by atoms with Gasteiger partial charge < -0.3 is 20.2 Å². The fourth-order valence-corrected chi connectivity index (χ4v) is 3.60. The number of aldehydes is 1. The monoisotopic (exact) mass is 376 g/mol. The fraction of sp³-hybridized carbons (Fsp3) is 0.421. The number of nitrogens with two attached hydrogens (primary N) is 1. The third-order valence-corrected chi connectivity index (χ3v) is 5.71. The predicted molar refractivity (Wildman–Crippen MR) is 93.1 cm³/mol. The summed E-state index contributed by atoms with van der Waals surface area (Å²) in [6, 6.07) is 1.26. The van der Waals surface area contributed by atoms with Gasteiger partial charge in [-0.2, -0.15) is 0 Å². The van der Waals surface area contributed by atoms with Crippen LogP contribution >= 0.6 is 0 Å². The molecule has 3 unspecified atom stereocenters. The molecule has 2 fully saturated rings. The standard InChI is InChI=1S/C19H18F2N2O4/c20-12-5-10-14(3-9(12)4-16(22)19(8-24)1-2-19)23(15-6-13(15)21)7-11(17(10)25)18(26)27/h3,5,7-8,13,15-16H,1-2,4,6,22H2,(H,26,27). The van der Waals surface area contributed by atoms with E-state index in [1.165, 1.54) is 10.6 Å². The van der Waals surface area contributed by atoms with Gasteiger partial charge >= 0.3 is 5.97 Å². The van der Waals surface area contributed by atoms with Crippen LogP contribution in [0.3, 0.4) is 0 Å². The topological polar surface area (TPSA) is 102 Å². The molecule has 6 nitrogen and oxygen atoms in total. The number of hydrogen-bond acceptors (Lipinski definition) is 4. The van der Waals surface area contributed by atoms with Crippen molar-refractivity contribution in [2.45, 2.75) is 43.9 Å². The van der Waals surface area contributed by atoms with E-state index in [1.807, 2.05) is 0 Å². The van der Waals surface area contributed by atoms with Crippen molar-refractivity contribution in [1.82, 2.24) is 4.57 Å². The number of rotatable bonds is 6. The summed E-state index contributed by atoms with van der Waals surface area (Å²) >= 11 is 0. The highest BCUT2D eigenvalue weighted by molar-refractivity contribution is 5.93. The van der Waals surface area contributed by atoms with Crippen LogP contribution in [0.4, 0.5) is 8.78 Å². The van der Waals surface area contributed by atoms with E-state index in [4.69, 9.17) is 5.73 Å². The lowest BCUT2D eigenvalue weighted by molar-refractivity contribution is -0.112. The number of pyridine rings is 1. The number of benzene rings is 1. The highest BCUT2D eigenvalue weighted by Gasteiger charge is 2.48. The molecule has 1 heterocycles. The molecule has 0 saturated heterocycles. The van der Waals surface area contributed by atoms with Crippen LogP contribution in [0.5, 0.6) is 0 Å². The van der Waals surface area contributed by atoms with Crippen LogP contribution < -0.4 is 11.2 Å². The second kappa shape index (κ2) is 5.95. The second-order valence-electron chi connectivity index (χ2n) is 7.53. The van der Waals surface area contributed by atoms with Crippen LogP contribution in [0.2, 0.25) is 0 Å². The lowest BCUT2D eigenvalue weighted by Crippen LogP contribution is -2.35. The first-order valence-electron chi connectivity index (χ1n) is 8.74. The maximum atomic E-state index is 14.6. The lowest BCUT2D eigenvalue weighted by Gasteiger charge is -2.19. The smallest absolute Gasteiger partial charge is 0.341 e. The molecule has 8 heteroatoms. The molecular weight excluding hydrogens is 358 g/mol. The fourth-order valence-electron chi connectivity index (χ4n) is 3.60. The Morgan fingerprint density at radius 1 is 1.44 bits per heavy atom. The van der Waals surface area contributed by atoms with Gasteiger partial charge in [0.05, 0.1) is 11.6 Å². The molecule has 3 atom stereocenters. The van der Waals surface area contributed by atoms with Gasteiger partial charge in [0, 0.05) is 29.5 Å². The van der Waals surface area contributed by atoms with Crippen LogP contribution in [0.15, 0.2) is 23.1 Å². The van der Waals surface area contributed by atoms with Gasteiger partial charge in [0.1, 0.15) is 23.8 Å². The SMILES string of the molecule is NC(Cc1cc2c(cc1F)c(=O)c(C(=O)O)cn2C1CC1F)C1(C=O)CC1. The molecule has 3 N–H and O–H groups in total. The minimum absolute atomic E-state index is 0.0963. The zero-order chi connectivity index (χ0) is 19.5. The van der Waals surface area contributed by atoms with Gasteiger partial charge in [-0.1, -0.05) is 0 Å². The molecule has 27 heavy (non-hydrogen) atoms. The summed E-state index contributed by atoms with van der Waals surface area (Å²) in [6.45, 7) is 0. The number of nitrogens with zero attached hydrogens (tertiary/aromatic N) is 1. The molecule has 0 spiro atoms. The molecule has 2 aliphatic carbocycles. The molecule has 2 aliphatic rings. The number of halogens is 2. The van der Waals surface area contributed by atoms with Crippen molar-refractivity contribution >= 4 is 23.2 Å². The van der Waals surface area contributed by atoms with Gasteiger partial charge in [-0.05, 0) is 37.0 Å². The number of hydrogen-bond donors (Lipinski definition) is 2. The van der Waals surface area contributed by atoms with E-state index in [0.29, 0.717) is 12.8 Å². The average molecular weight is 376 g/mol. The minimum Gasteiger partial charge on any atom is -0.477 e. The summed E-state index contributed by atoms with van der Waals surface area (Å²) in [5.41, 5.74) is 4.61. The number of carboxylic acids is 1. The predicted octanol–water partition coefficient (Wildman–Crippen LogP) is 1.97. The first-order chi connectivity index (χ1) is 12.8. The van der Waals surface area contributed by atoms with Crippen molar-refractivity contribution in [2.75, 3.05) is 0 Å². The average Bonchev–Trinajstić information content (AvgIpc) is 3.53. The largest absolute Gasteiger partial charge is 0.477 e. The van der Waals surface area contributed by atoms with Gasteiger partial charge in [0.2, 0.25) is 5.43 Å². The maximum absolute atomic E-state index is 14.6. The van der Waals surface area contributed by atoms with E-state index in [2.05, 4.69) is 0 Å². The number of aromatic nitrogens is 1. The summed E-state index contributed by atoms with van der Waals surface area (Å²) < 4.78 is 29.7. The third-order valence-electron chi connectivity index (χ3n) is 5.71. The van der Waals surface area contributed by atoms with Gasteiger partial charge in [-0.25, -0.2) is 13.6 Å². The van der Waals surface area contributed by atoms with Gasteiger partial charge in [-0.3, -0.25) is 4.79 Å². The van der Waals surface area contributed by atoms with Crippen molar-refractivity contribution < 1.29 is 23.5 Å². The number of carbonyl (C=O) groups is 2. The molecule has 142 valence electrons. The Morgan fingerprint density at radius 2 is 2.11 bits per heavy atom. The first-order valence-corrected chi connectivity index (χ1v) is 8.74. The quantitative estimate of drug-likeness (QED) is 0.751. The Bertz CT molecular complexity index is 1030. The van der Waals surface area contributed by atoms with Crippen LogP contribution in [0.25, 0.3) is 10.9 Å². The van der Waals surface area contributed by atoms with E-state index >= 15 is 0 Å². The van der Waals surface area contributed by atoms with E-state index < -0.39 is 46.4 Å². The van der Waals surface area contributed by atoms with Crippen LogP contribution in [-0.4, -0.2) is 34.1 Å². The zero-order valence-corrected chi connectivity index (χ0v) is 14.3. The molecule has 0 radical (unpaired) electrons. The summed E-state index contributed by atoms with van der Waals surface area (Å²) in [6.07, 6.45) is 2.40. The molecule has 2 aromatic rings. The number of alkyl halides is 1. The normalized spacial score (nSPS) is 23.8. The van der Waals surface area contributed by atoms with E-state index in [9.17, 15) is 28.3 Å². The highest BCUT2D eigenvalue weighted by atomic mass is 19.1. The Morgan fingerprint density at radius 3 is 2.63 bits per heavy atom. The summed E-state index contributed by atoms with van der Waals surface area (Å²) in [4.78, 5) is 35.0. The Labute approximate surface area is 152 Å². The Kier molecular flexibility index (Phi) is 3.92. The summed E-state index contributed by atoms with van der Waals surface area (Å²) in [7, 11) is 0. The van der Waals surface area contributed by atoms with Gasteiger partial charge in [0.25, 0.3) is 0 Å². The molecule has 0 aliphatic heterocycles. The van der Waals surface area contributed by atoms with Crippen LogP contribution in [0.1, 0.15) is 41.2 Å². The van der Waals surface area contributed by atoms with Crippen molar-refractivity contribution in [3.05, 3.63) is 45.5 Å². The van der Waals surface area contributed by atoms with Crippen molar-refractivity contribution in [3.8, 4) is 0 Å². The molecule has 4 rings (SSSR count).